The number of hydrogen-bond acceptors (Lipinski definition) is 3. The Hall–Kier alpha value is -1.88. The van der Waals surface area contributed by atoms with Gasteiger partial charge < -0.3 is 15.5 Å². The number of aliphatic carboxylic acids is 1. The van der Waals surface area contributed by atoms with E-state index in [9.17, 15) is 9.59 Å². The molecule has 0 aromatic heterocycles. The number of carboxylic acids is 1. The zero-order valence-corrected chi connectivity index (χ0v) is 11.2. The molecule has 0 saturated carbocycles. The van der Waals surface area contributed by atoms with Crippen LogP contribution >= 0.6 is 0 Å². The van der Waals surface area contributed by atoms with Crippen molar-refractivity contribution >= 4 is 11.9 Å². The number of nitrogens with one attached hydrogen (secondary N) is 1. The van der Waals surface area contributed by atoms with E-state index in [2.05, 4.69) is 5.32 Å². The molecule has 1 aliphatic rings. The van der Waals surface area contributed by atoms with E-state index >= 15 is 0 Å². The fourth-order valence-electron chi connectivity index (χ4n) is 2.61. The van der Waals surface area contributed by atoms with Crippen LogP contribution in [0.5, 0.6) is 0 Å². The van der Waals surface area contributed by atoms with Crippen molar-refractivity contribution < 1.29 is 19.8 Å². The van der Waals surface area contributed by atoms with Crippen molar-refractivity contribution in [1.82, 2.24) is 5.32 Å². The molecule has 0 bridgehead atoms. The number of carbonyl (C=O) groups is 2. The SMILES string of the molecule is O=C(O)C(O)CCNC(=O)C1CCCc2ccccc21. The number of carboxylic acid groups (broad SMARTS) is 1. The summed E-state index contributed by atoms with van der Waals surface area (Å²) >= 11 is 0. The first-order valence-corrected chi connectivity index (χ1v) is 6.86. The summed E-state index contributed by atoms with van der Waals surface area (Å²) in [6.07, 6.45) is 1.39. The van der Waals surface area contributed by atoms with E-state index in [-0.39, 0.29) is 24.8 Å². The normalized spacial score (nSPS) is 18.9. The zero-order chi connectivity index (χ0) is 14.5. The van der Waals surface area contributed by atoms with E-state index in [1.165, 1.54) is 5.56 Å². The molecule has 0 spiro atoms. The number of fused-ring (bicyclic) bond motifs is 1. The molecule has 0 aliphatic heterocycles. The molecule has 2 unspecified atom stereocenters. The van der Waals surface area contributed by atoms with Crippen molar-refractivity contribution in [2.24, 2.45) is 0 Å². The summed E-state index contributed by atoms with van der Waals surface area (Å²) in [5, 5.41) is 20.4. The average Bonchev–Trinajstić information content (AvgIpc) is 2.46. The van der Waals surface area contributed by atoms with Crippen LogP contribution in [0.3, 0.4) is 0 Å². The molecule has 3 N–H and O–H groups in total. The van der Waals surface area contributed by atoms with Gasteiger partial charge in [-0.3, -0.25) is 4.79 Å². The summed E-state index contributed by atoms with van der Waals surface area (Å²) in [6, 6.07) is 7.93. The van der Waals surface area contributed by atoms with Crippen LogP contribution in [0.4, 0.5) is 0 Å². The summed E-state index contributed by atoms with van der Waals surface area (Å²) in [5.74, 6) is -1.51. The van der Waals surface area contributed by atoms with Gasteiger partial charge in [-0.05, 0) is 30.4 Å². The highest BCUT2D eigenvalue weighted by atomic mass is 16.4. The standard InChI is InChI=1S/C15H19NO4/c17-13(15(19)20)8-9-16-14(18)12-7-3-5-10-4-1-2-6-11(10)12/h1-2,4,6,12-13,17H,3,5,7-9H2,(H,16,18)(H,19,20). The van der Waals surface area contributed by atoms with E-state index in [0.29, 0.717) is 0 Å². The number of rotatable bonds is 5. The summed E-state index contributed by atoms with van der Waals surface area (Å²) < 4.78 is 0. The maximum absolute atomic E-state index is 12.2. The molecule has 1 aromatic rings. The first-order chi connectivity index (χ1) is 9.59. The molecule has 1 aromatic carbocycles. The summed E-state index contributed by atoms with van der Waals surface area (Å²) in [7, 11) is 0. The summed E-state index contributed by atoms with van der Waals surface area (Å²) in [4.78, 5) is 22.6. The lowest BCUT2D eigenvalue weighted by atomic mass is 9.82. The van der Waals surface area contributed by atoms with Gasteiger partial charge in [-0.2, -0.15) is 0 Å². The third-order valence-electron chi connectivity index (χ3n) is 3.69. The Morgan fingerprint density at radius 3 is 2.85 bits per heavy atom. The molecule has 5 nitrogen and oxygen atoms in total. The number of carbonyl (C=O) groups excluding carboxylic acids is 1. The highest BCUT2D eigenvalue weighted by Crippen LogP contribution is 2.31. The van der Waals surface area contributed by atoms with Crippen LogP contribution in [0.25, 0.3) is 0 Å². The minimum atomic E-state index is -1.42. The van der Waals surface area contributed by atoms with Crippen LogP contribution in [-0.2, 0) is 16.0 Å². The Bertz CT molecular complexity index is 500. The lowest BCUT2D eigenvalue weighted by Crippen LogP contribution is -2.34. The molecule has 0 saturated heterocycles. The third-order valence-corrected chi connectivity index (χ3v) is 3.69. The van der Waals surface area contributed by atoms with Gasteiger partial charge in [0.15, 0.2) is 6.10 Å². The predicted molar refractivity (Wildman–Crippen MR) is 73.4 cm³/mol. The molecule has 1 amide bonds. The van der Waals surface area contributed by atoms with Crippen LogP contribution < -0.4 is 5.32 Å². The van der Waals surface area contributed by atoms with Crippen LogP contribution in [0.2, 0.25) is 0 Å². The maximum Gasteiger partial charge on any atom is 0.332 e. The van der Waals surface area contributed by atoms with Gasteiger partial charge in [0.05, 0.1) is 5.92 Å². The Morgan fingerprint density at radius 2 is 2.10 bits per heavy atom. The van der Waals surface area contributed by atoms with Crippen LogP contribution in [0.1, 0.15) is 36.3 Å². The number of amides is 1. The number of aliphatic hydroxyl groups is 1. The smallest absolute Gasteiger partial charge is 0.332 e. The molecule has 2 rings (SSSR count). The predicted octanol–water partition coefficient (Wildman–Crippen LogP) is 1.06. The van der Waals surface area contributed by atoms with Gasteiger partial charge in [-0.25, -0.2) is 4.79 Å². The topological polar surface area (TPSA) is 86.6 Å². The van der Waals surface area contributed by atoms with Crippen molar-refractivity contribution in [3.05, 3.63) is 35.4 Å². The molecule has 0 fully saturated rings. The third kappa shape index (κ3) is 3.36. The second kappa shape index (κ2) is 6.52. The summed E-state index contributed by atoms with van der Waals surface area (Å²) in [5.41, 5.74) is 2.28. The maximum atomic E-state index is 12.2. The Morgan fingerprint density at radius 1 is 1.35 bits per heavy atom. The molecule has 0 radical (unpaired) electrons. The number of aryl methyl sites for hydroxylation is 1. The highest BCUT2D eigenvalue weighted by Gasteiger charge is 2.26. The van der Waals surface area contributed by atoms with Crippen molar-refractivity contribution in [1.29, 1.82) is 0 Å². The molecule has 1 aliphatic carbocycles. The van der Waals surface area contributed by atoms with Crippen molar-refractivity contribution in [3.8, 4) is 0 Å². The molecular formula is C15H19NO4. The molecule has 5 heteroatoms. The second-order valence-corrected chi connectivity index (χ2v) is 5.08. The number of benzene rings is 1. The summed E-state index contributed by atoms with van der Waals surface area (Å²) in [6.45, 7) is 0.172. The molecule has 2 atom stereocenters. The molecule has 0 heterocycles. The highest BCUT2D eigenvalue weighted by molar-refractivity contribution is 5.84. The van der Waals surface area contributed by atoms with Gasteiger partial charge in [0.1, 0.15) is 0 Å². The Kier molecular flexibility index (Phi) is 4.74. The van der Waals surface area contributed by atoms with Crippen molar-refractivity contribution in [3.63, 3.8) is 0 Å². The van der Waals surface area contributed by atoms with E-state index in [1.54, 1.807) is 0 Å². The fourth-order valence-corrected chi connectivity index (χ4v) is 2.61. The van der Waals surface area contributed by atoms with Gasteiger partial charge >= 0.3 is 5.97 Å². The average molecular weight is 277 g/mol. The number of hydrogen-bond donors (Lipinski definition) is 3. The van der Waals surface area contributed by atoms with Gasteiger partial charge in [-0.1, -0.05) is 24.3 Å². The van der Waals surface area contributed by atoms with E-state index < -0.39 is 12.1 Å². The van der Waals surface area contributed by atoms with Crippen LogP contribution in [0.15, 0.2) is 24.3 Å². The molecule has 20 heavy (non-hydrogen) atoms. The minimum absolute atomic E-state index is 0.0233. The molecular weight excluding hydrogens is 258 g/mol. The van der Waals surface area contributed by atoms with E-state index in [4.69, 9.17) is 10.2 Å². The first-order valence-electron chi connectivity index (χ1n) is 6.86. The quantitative estimate of drug-likeness (QED) is 0.751. The van der Waals surface area contributed by atoms with Crippen molar-refractivity contribution in [2.45, 2.75) is 37.7 Å². The first kappa shape index (κ1) is 14.5. The van der Waals surface area contributed by atoms with E-state index in [0.717, 1.165) is 24.8 Å². The van der Waals surface area contributed by atoms with Gasteiger partial charge in [0.2, 0.25) is 5.91 Å². The molecule has 108 valence electrons. The Labute approximate surface area is 117 Å². The second-order valence-electron chi connectivity index (χ2n) is 5.08. The Balaban J connectivity index is 1.92. The lowest BCUT2D eigenvalue weighted by Gasteiger charge is -2.24. The van der Waals surface area contributed by atoms with Crippen LogP contribution in [0, 0.1) is 0 Å². The lowest BCUT2D eigenvalue weighted by molar-refractivity contribution is -0.147. The van der Waals surface area contributed by atoms with Gasteiger partial charge in [-0.15, -0.1) is 0 Å². The van der Waals surface area contributed by atoms with E-state index in [1.807, 2.05) is 24.3 Å². The monoisotopic (exact) mass is 277 g/mol. The van der Waals surface area contributed by atoms with Crippen LogP contribution in [-0.4, -0.2) is 34.7 Å². The largest absolute Gasteiger partial charge is 0.479 e. The fraction of sp³-hybridized carbons (Fsp3) is 0.467. The van der Waals surface area contributed by atoms with Gasteiger partial charge in [0, 0.05) is 13.0 Å². The van der Waals surface area contributed by atoms with Gasteiger partial charge in [0.25, 0.3) is 0 Å². The number of aliphatic hydroxyl groups excluding tert-OH is 1. The zero-order valence-electron chi connectivity index (χ0n) is 11.2. The minimum Gasteiger partial charge on any atom is -0.479 e. The van der Waals surface area contributed by atoms with Crippen molar-refractivity contribution in [2.75, 3.05) is 6.54 Å².